The fraction of sp³-hybridized carbons (Fsp3) is 0.241. The number of nitrogens with zero attached hydrogens (tertiary/aromatic N) is 5. The highest BCUT2D eigenvalue weighted by Crippen LogP contribution is 2.30. The van der Waals surface area contributed by atoms with E-state index in [4.69, 9.17) is 4.74 Å². The molecular formula is C29H26F5N7O. The zero-order valence-corrected chi connectivity index (χ0v) is 22.4. The minimum atomic E-state index is -4.32. The predicted octanol–water partition coefficient (Wildman–Crippen LogP) is 6.05. The van der Waals surface area contributed by atoms with Crippen molar-refractivity contribution >= 4 is 22.4 Å². The van der Waals surface area contributed by atoms with Gasteiger partial charge in [0.2, 0.25) is 0 Å². The number of halogens is 5. The molecular weight excluding hydrogens is 557 g/mol. The average Bonchev–Trinajstić information content (AvgIpc) is 3.32. The zero-order valence-electron chi connectivity index (χ0n) is 22.4. The Morgan fingerprint density at radius 3 is 2.45 bits per heavy atom. The lowest BCUT2D eigenvalue weighted by Gasteiger charge is -2.13. The van der Waals surface area contributed by atoms with E-state index in [1.807, 2.05) is 0 Å². The highest BCUT2D eigenvalue weighted by molar-refractivity contribution is 5.91. The second-order valence-electron chi connectivity index (χ2n) is 9.29. The van der Waals surface area contributed by atoms with E-state index in [-0.39, 0.29) is 43.3 Å². The number of hydrogen-bond acceptors (Lipinski definition) is 7. The van der Waals surface area contributed by atoms with E-state index in [0.717, 1.165) is 12.1 Å². The van der Waals surface area contributed by atoms with Crippen molar-refractivity contribution in [1.82, 2.24) is 30.0 Å². The molecule has 3 heterocycles. The number of aromatic nitrogens is 5. The molecule has 0 aliphatic heterocycles. The van der Waals surface area contributed by atoms with Crippen molar-refractivity contribution in [2.75, 3.05) is 25.0 Å². The first kappa shape index (κ1) is 28.9. The summed E-state index contributed by atoms with van der Waals surface area (Å²) in [7, 11) is 0. The number of alkyl halides is 3. The summed E-state index contributed by atoms with van der Waals surface area (Å²) in [6.07, 6.45) is 0.595. The van der Waals surface area contributed by atoms with Gasteiger partial charge < -0.3 is 15.4 Å². The van der Waals surface area contributed by atoms with Crippen LogP contribution in [0.5, 0.6) is 5.75 Å². The van der Waals surface area contributed by atoms with Gasteiger partial charge in [-0.1, -0.05) is 18.2 Å². The minimum Gasteiger partial charge on any atom is -0.494 e. The Bertz CT molecular complexity index is 1650. The first-order chi connectivity index (χ1) is 20.2. The summed E-state index contributed by atoms with van der Waals surface area (Å²) in [5, 5.41) is 10.8. The fourth-order valence-electron chi connectivity index (χ4n) is 4.38. The number of ether oxygens (including phenoxy) is 1. The molecule has 42 heavy (non-hydrogen) atoms. The number of hydrogen-bond donors (Lipinski definition) is 2. The topological polar surface area (TPSA) is 89.8 Å². The molecule has 5 rings (SSSR count). The number of rotatable bonds is 11. The lowest BCUT2D eigenvalue weighted by atomic mass is 10.1. The Morgan fingerprint density at radius 1 is 1.00 bits per heavy atom. The molecule has 0 saturated carbocycles. The van der Waals surface area contributed by atoms with Crippen LogP contribution in [0.4, 0.5) is 33.5 Å². The van der Waals surface area contributed by atoms with Crippen LogP contribution in [0, 0.1) is 11.6 Å². The van der Waals surface area contributed by atoms with Crippen LogP contribution in [-0.2, 0) is 13.0 Å². The molecule has 0 amide bonds. The van der Waals surface area contributed by atoms with Crippen molar-refractivity contribution in [3.05, 3.63) is 89.9 Å². The molecule has 3 aromatic heterocycles. The van der Waals surface area contributed by atoms with Crippen molar-refractivity contribution in [2.24, 2.45) is 0 Å². The first-order valence-electron chi connectivity index (χ1n) is 13.1. The Labute approximate surface area is 237 Å². The third kappa shape index (κ3) is 6.79. The molecule has 0 aliphatic rings. The second-order valence-corrected chi connectivity index (χ2v) is 9.29. The summed E-state index contributed by atoms with van der Waals surface area (Å²) < 4.78 is 74.2. The smallest absolute Gasteiger partial charge is 0.401 e. The van der Waals surface area contributed by atoms with Crippen molar-refractivity contribution in [1.29, 1.82) is 0 Å². The second kappa shape index (κ2) is 12.5. The van der Waals surface area contributed by atoms with Gasteiger partial charge in [0, 0.05) is 52.9 Å². The van der Waals surface area contributed by atoms with E-state index in [2.05, 4.69) is 30.7 Å². The van der Waals surface area contributed by atoms with Crippen LogP contribution in [0.15, 0.2) is 67.1 Å². The summed E-state index contributed by atoms with van der Waals surface area (Å²) in [6.45, 7) is 0.725. The molecule has 13 heteroatoms. The molecule has 5 aromatic rings. The first-order valence-corrected chi connectivity index (χ1v) is 13.1. The van der Waals surface area contributed by atoms with E-state index in [1.165, 1.54) is 10.9 Å². The average molecular weight is 584 g/mol. The number of nitrogens with one attached hydrogen (secondary N) is 2. The molecule has 0 aliphatic carbocycles. The normalized spacial score (nSPS) is 11.7. The molecule has 0 spiro atoms. The summed E-state index contributed by atoms with van der Waals surface area (Å²) >= 11 is 0. The molecule has 0 radical (unpaired) electrons. The predicted molar refractivity (Wildman–Crippen MR) is 148 cm³/mol. The van der Waals surface area contributed by atoms with Crippen molar-refractivity contribution in [3.8, 4) is 17.3 Å². The van der Waals surface area contributed by atoms with E-state index in [1.54, 1.807) is 55.7 Å². The van der Waals surface area contributed by atoms with E-state index in [0.29, 0.717) is 33.7 Å². The molecule has 0 saturated heterocycles. The van der Waals surface area contributed by atoms with Gasteiger partial charge in [-0.3, -0.25) is 9.67 Å². The van der Waals surface area contributed by atoms with E-state index >= 15 is 0 Å². The molecule has 8 nitrogen and oxygen atoms in total. The van der Waals surface area contributed by atoms with E-state index < -0.39 is 24.4 Å². The molecule has 0 bridgehead atoms. The van der Waals surface area contributed by atoms with Gasteiger partial charge in [0.15, 0.2) is 5.82 Å². The van der Waals surface area contributed by atoms with Crippen LogP contribution in [-0.4, -0.2) is 50.6 Å². The Hall–Kier alpha value is -4.65. The monoisotopic (exact) mass is 583 g/mol. The Morgan fingerprint density at radius 2 is 1.74 bits per heavy atom. The van der Waals surface area contributed by atoms with Crippen LogP contribution in [0.25, 0.3) is 22.4 Å². The number of benzene rings is 2. The zero-order chi connectivity index (χ0) is 29.7. The summed E-state index contributed by atoms with van der Waals surface area (Å²) in [5.41, 5.74) is 2.04. The molecule has 0 unspecified atom stereocenters. The highest BCUT2D eigenvalue weighted by atomic mass is 19.4. The molecule has 0 atom stereocenters. The maximum absolute atomic E-state index is 14.9. The van der Waals surface area contributed by atoms with Crippen LogP contribution in [0.1, 0.15) is 18.1 Å². The van der Waals surface area contributed by atoms with Gasteiger partial charge >= 0.3 is 6.18 Å². The largest absolute Gasteiger partial charge is 0.494 e. The summed E-state index contributed by atoms with van der Waals surface area (Å²) in [6, 6.07) is 12.9. The summed E-state index contributed by atoms with van der Waals surface area (Å²) in [4.78, 5) is 13.1. The van der Waals surface area contributed by atoms with E-state index in [9.17, 15) is 22.0 Å². The van der Waals surface area contributed by atoms with Crippen LogP contribution in [0.2, 0.25) is 0 Å². The number of fused-ring (bicyclic) bond motifs is 1. The SMILES string of the molecule is CCOc1cc(F)c(Cn2nc(-c3ncc(CCNCC(F)(F)F)c(Nc4ccncc4)n3)c3ccccc32)c(F)c1. The van der Waals surface area contributed by atoms with Gasteiger partial charge in [-0.15, -0.1) is 0 Å². The standard InChI is InChI=1S/C29H26F5N7O/c1-2-42-20-13-23(30)22(24(31)14-20)16-41-25-6-4-3-5-21(25)26(40-41)28-37-15-18(7-10-36-17-29(32,33)34)27(39-28)38-19-8-11-35-12-9-19/h3-6,8-9,11-15,36H,2,7,10,16-17H2,1H3,(H,35,37,38,39). The van der Waals surface area contributed by atoms with Crippen molar-refractivity contribution in [3.63, 3.8) is 0 Å². The minimum absolute atomic E-state index is 0.0456. The maximum Gasteiger partial charge on any atom is 0.401 e. The lowest BCUT2D eigenvalue weighted by molar-refractivity contribution is -0.124. The van der Waals surface area contributed by atoms with Gasteiger partial charge in [0.25, 0.3) is 0 Å². The number of anilines is 2. The molecule has 0 fully saturated rings. The third-order valence-electron chi connectivity index (χ3n) is 6.31. The summed E-state index contributed by atoms with van der Waals surface area (Å²) in [5.74, 6) is -0.826. The fourth-order valence-corrected chi connectivity index (χ4v) is 4.38. The Balaban J connectivity index is 1.50. The van der Waals surface area contributed by atoms with Gasteiger partial charge in [0.05, 0.1) is 25.2 Å². The molecule has 2 aromatic carbocycles. The molecule has 2 N–H and O–H groups in total. The quantitative estimate of drug-likeness (QED) is 0.145. The maximum atomic E-state index is 14.9. The van der Waals surface area contributed by atoms with Gasteiger partial charge in [0.1, 0.15) is 28.9 Å². The van der Waals surface area contributed by atoms with Crippen LogP contribution in [0.3, 0.4) is 0 Å². The van der Waals surface area contributed by atoms with Crippen LogP contribution >= 0.6 is 0 Å². The van der Waals surface area contributed by atoms with Crippen LogP contribution < -0.4 is 15.4 Å². The number of para-hydroxylation sites is 1. The number of pyridine rings is 1. The lowest BCUT2D eigenvalue weighted by Crippen LogP contribution is -2.30. The van der Waals surface area contributed by atoms with Crippen molar-refractivity contribution in [2.45, 2.75) is 26.1 Å². The van der Waals surface area contributed by atoms with Gasteiger partial charge in [-0.05, 0) is 38.1 Å². The molecule has 218 valence electrons. The Kier molecular flexibility index (Phi) is 8.57. The third-order valence-corrected chi connectivity index (χ3v) is 6.31. The van der Waals surface area contributed by atoms with Gasteiger partial charge in [-0.25, -0.2) is 18.7 Å². The van der Waals surface area contributed by atoms with Crippen molar-refractivity contribution < 1.29 is 26.7 Å². The van der Waals surface area contributed by atoms with Gasteiger partial charge in [-0.2, -0.15) is 18.3 Å². The highest BCUT2D eigenvalue weighted by Gasteiger charge is 2.26.